The summed E-state index contributed by atoms with van der Waals surface area (Å²) in [7, 11) is 0. The molecule has 2 saturated heterocycles. The monoisotopic (exact) mass is 403 g/mol. The van der Waals surface area contributed by atoms with Gasteiger partial charge in [0.25, 0.3) is 5.91 Å². The van der Waals surface area contributed by atoms with Crippen LogP contribution in [0.4, 0.5) is 4.79 Å². The molecule has 4 rings (SSSR count). The first-order valence-electron chi connectivity index (χ1n) is 8.85. The fourth-order valence-electron chi connectivity index (χ4n) is 3.77. The fraction of sp³-hybridized carbons (Fsp3) is 0.421. The van der Waals surface area contributed by atoms with E-state index in [9.17, 15) is 14.4 Å². The minimum absolute atomic E-state index is 0.202. The molecule has 2 aromatic rings. The number of aryl methyl sites for hydroxylation is 1. The summed E-state index contributed by atoms with van der Waals surface area (Å²) >= 11 is 3.33. The van der Waals surface area contributed by atoms with Gasteiger partial charge < -0.3 is 9.88 Å². The van der Waals surface area contributed by atoms with E-state index in [1.54, 1.807) is 23.1 Å². The lowest BCUT2D eigenvalue weighted by Gasteiger charge is -2.19. The number of carbonyl (C=O) groups is 3. The van der Waals surface area contributed by atoms with Gasteiger partial charge in [0.1, 0.15) is 5.54 Å². The molecule has 1 N–H and O–H groups in total. The minimum atomic E-state index is -0.807. The van der Waals surface area contributed by atoms with Crippen molar-refractivity contribution in [2.75, 3.05) is 18.1 Å². The molecule has 6 nitrogen and oxygen atoms in total. The second-order valence-corrected chi connectivity index (χ2v) is 9.22. The molecule has 8 heteroatoms. The van der Waals surface area contributed by atoms with Crippen molar-refractivity contribution < 1.29 is 14.4 Å². The Morgan fingerprint density at radius 3 is 2.81 bits per heavy atom. The van der Waals surface area contributed by atoms with Crippen molar-refractivity contribution in [2.24, 2.45) is 0 Å². The second kappa shape index (κ2) is 6.83. The van der Waals surface area contributed by atoms with E-state index in [-0.39, 0.29) is 18.2 Å². The lowest BCUT2D eigenvalue weighted by molar-refractivity contribution is -0.130. The van der Waals surface area contributed by atoms with Crippen LogP contribution in [0.15, 0.2) is 23.6 Å². The van der Waals surface area contributed by atoms with Crippen LogP contribution < -0.4 is 5.32 Å². The molecular weight excluding hydrogens is 382 g/mol. The van der Waals surface area contributed by atoms with Gasteiger partial charge in [-0.05, 0) is 43.5 Å². The smallest absolute Gasteiger partial charge is 0.325 e. The van der Waals surface area contributed by atoms with Gasteiger partial charge in [0, 0.05) is 27.6 Å². The van der Waals surface area contributed by atoms with Crippen LogP contribution in [0.5, 0.6) is 0 Å². The van der Waals surface area contributed by atoms with Crippen molar-refractivity contribution in [1.29, 1.82) is 0 Å². The summed E-state index contributed by atoms with van der Waals surface area (Å²) in [5.41, 5.74) is 1.62. The molecule has 2 aliphatic heterocycles. The topological polar surface area (TPSA) is 71.4 Å². The Morgan fingerprint density at radius 2 is 2.15 bits per heavy atom. The number of urea groups is 1. The summed E-state index contributed by atoms with van der Waals surface area (Å²) in [6, 6.07) is 5.47. The predicted octanol–water partition coefficient (Wildman–Crippen LogP) is 2.82. The summed E-state index contributed by atoms with van der Waals surface area (Å²) in [5.74, 6) is 0.958. The Bertz CT molecular complexity index is 911. The van der Waals surface area contributed by atoms with E-state index < -0.39 is 11.6 Å². The molecule has 0 aromatic carbocycles. The summed E-state index contributed by atoms with van der Waals surface area (Å²) in [6.07, 6.45) is 0.627. The minimum Gasteiger partial charge on any atom is -0.343 e. The molecule has 2 aromatic heterocycles. The van der Waals surface area contributed by atoms with Crippen molar-refractivity contribution in [3.63, 3.8) is 0 Å². The van der Waals surface area contributed by atoms with E-state index in [0.29, 0.717) is 24.3 Å². The molecule has 0 radical (unpaired) electrons. The zero-order valence-electron chi connectivity index (χ0n) is 15.3. The zero-order valence-corrected chi connectivity index (χ0v) is 16.9. The number of carbonyl (C=O) groups excluding carboxylic acids is 3. The fourth-order valence-corrected chi connectivity index (χ4v) is 5.78. The SMILES string of the molecule is Cc1cc(C(=O)CN2C(=O)N[C@]3(CCSC3)C2=O)c(C)n1Cc1cccs1. The number of imide groups is 1. The number of Topliss-reactive ketones (excluding diaryl/α,β-unsaturated/α-hetero) is 1. The van der Waals surface area contributed by atoms with Crippen LogP contribution in [-0.2, 0) is 11.3 Å². The van der Waals surface area contributed by atoms with Crippen LogP contribution in [0.2, 0.25) is 0 Å². The van der Waals surface area contributed by atoms with Crippen LogP contribution in [0.3, 0.4) is 0 Å². The molecule has 0 bridgehead atoms. The Labute approximate surface area is 165 Å². The van der Waals surface area contributed by atoms with Crippen LogP contribution >= 0.6 is 23.1 Å². The van der Waals surface area contributed by atoms with Crippen molar-refractivity contribution >= 4 is 40.8 Å². The van der Waals surface area contributed by atoms with Crippen LogP contribution in [0, 0.1) is 13.8 Å². The molecule has 2 aliphatic rings. The molecule has 142 valence electrons. The quantitative estimate of drug-likeness (QED) is 0.616. The molecule has 1 atom stereocenters. The van der Waals surface area contributed by atoms with Gasteiger partial charge >= 0.3 is 6.03 Å². The van der Waals surface area contributed by atoms with E-state index in [0.717, 1.165) is 22.0 Å². The van der Waals surface area contributed by atoms with E-state index in [4.69, 9.17) is 0 Å². The number of hydrogen-bond donors (Lipinski definition) is 1. The molecule has 2 fully saturated rings. The summed E-state index contributed by atoms with van der Waals surface area (Å²) in [5, 5.41) is 4.84. The van der Waals surface area contributed by atoms with Gasteiger partial charge in [-0.15, -0.1) is 11.3 Å². The Hall–Kier alpha value is -2.06. The number of aromatic nitrogens is 1. The van der Waals surface area contributed by atoms with Crippen molar-refractivity contribution in [3.8, 4) is 0 Å². The molecular formula is C19H21N3O3S2. The molecule has 4 heterocycles. The third-order valence-electron chi connectivity index (χ3n) is 5.34. The number of nitrogens with zero attached hydrogens (tertiary/aromatic N) is 2. The van der Waals surface area contributed by atoms with Gasteiger partial charge in [-0.1, -0.05) is 6.07 Å². The molecule has 27 heavy (non-hydrogen) atoms. The Balaban J connectivity index is 1.53. The normalized spacial score (nSPS) is 22.1. The Morgan fingerprint density at radius 1 is 1.33 bits per heavy atom. The predicted molar refractivity (Wildman–Crippen MR) is 107 cm³/mol. The lowest BCUT2D eigenvalue weighted by Crippen LogP contribution is -2.47. The lowest BCUT2D eigenvalue weighted by atomic mass is 9.99. The number of hydrogen-bond acceptors (Lipinski definition) is 5. The highest BCUT2D eigenvalue weighted by Gasteiger charge is 2.53. The number of thiophene rings is 1. The van der Waals surface area contributed by atoms with Crippen molar-refractivity contribution in [1.82, 2.24) is 14.8 Å². The third kappa shape index (κ3) is 3.10. The number of amides is 3. The maximum absolute atomic E-state index is 12.9. The van der Waals surface area contributed by atoms with Gasteiger partial charge in [-0.2, -0.15) is 11.8 Å². The first-order chi connectivity index (χ1) is 12.9. The maximum Gasteiger partial charge on any atom is 0.325 e. The number of nitrogens with one attached hydrogen (secondary N) is 1. The molecule has 3 amide bonds. The number of ketones is 1. The van der Waals surface area contributed by atoms with Gasteiger partial charge in [0.05, 0.1) is 13.1 Å². The van der Waals surface area contributed by atoms with Gasteiger partial charge in [0.2, 0.25) is 0 Å². The van der Waals surface area contributed by atoms with E-state index >= 15 is 0 Å². The molecule has 0 aliphatic carbocycles. The van der Waals surface area contributed by atoms with Crippen molar-refractivity contribution in [2.45, 2.75) is 32.4 Å². The standard InChI is InChI=1S/C19H21N3O3S2/c1-12-8-15(13(2)21(12)9-14-4-3-6-27-14)16(23)10-22-17(24)19(20-18(22)25)5-7-26-11-19/h3-4,6,8H,5,7,9-11H2,1-2H3,(H,20,25)/t19-/m0/s1. The van der Waals surface area contributed by atoms with Gasteiger partial charge in [-0.3, -0.25) is 14.5 Å². The number of thioether (sulfide) groups is 1. The third-order valence-corrected chi connectivity index (χ3v) is 7.39. The average molecular weight is 404 g/mol. The van der Waals surface area contributed by atoms with Crippen molar-refractivity contribution in [3.05, 3.63) is 45.4 Å². The molecule has 1 spiro atoms. The zero-order chi connectivity index (χ0) is 19.2. The highest BCUT2D eigenvalue weighted by Crippen LogP contribution is 2.33. The summed E-state index contributed by atoms with van der Waals surface area (Å²) < 4.78 is 2.10. The highest BCUT2D eigenvalue weighted by molar-refractivity contribution is 7.99. The van der Waals surface area contributed by atoms with Gasteiger partial charge in [0.15, 0.2) is 5.78 Å². The highest BCUT2D eigenvalue weighted by atomic mass is 32.2. The average Bonchev–Trinajstić information content (AvgIpc) is 3.40. The largest absolute Gasteiger partial charge is 0.343 e. The number of rotatable bonds is 5. The molecule has 0 saturated carbocycles. The van der Waals surface area contributed by atoms with E-state index in [1.165, 1.54) is 4.88 Å². The van der Waals surface area contributed by atoms with E-state index in [1.807, 2.05) is 31.4 Å². The Kier molecular flexibility index (Phi) is 4.63. The van der Waals surface area contributed by atoms with Gasteiger partial charge in [-0.25, -0.2) is 4.79 Å². The van der Waals surface area contributed by atoms with Crippen LogP contribution in [0.1, 0.15) is 33.0 Å². The summed E-state index contributed by atoms with van der Waals surface area (Å²) in [6.45, 7) is 4.39. The van der Waals surface area contributed by atoms with Crippen LogP contribution in [0.25, 0.3) is 0 Å². The van der Waals surface area contributed by atoms with E-state index in [2.05, 4.69) is 16.0 Å². The first-order valence-corrected chi connectivity index (χ1v) is 10.9. The first kappa shape index (κ1) is 18.3. The summed E-state index contributed by atoms with van der Waals surface area (Å²) in [4.78, 5) is 40.2. The molecule has 0 unspecified atom stereocenters. The second-order valence-electron chi connectivity index (χ2n) is 7.08. The van der Waals surface area contributed by atoms with Crippen LogP contribution in [-0.4, -0.2) is 50.8 Å². The maximum atomic E-state index is 12.9.